The summed E-state index contributed by atoms with van der Waals surface area (Å²) < 4.78 is 16.1. The molecule has 7 nitrogen and oxygen atoms in total. The number of ether oxygens (including phenoxy) is 2. The normalized spacial score (nSPS) is 11.7. The average molecular weight is 413 g/mol. The second-order valence-electron chi connectivity index (χ2n) is 6.11. The van der Waals surface area contributed by atoms with E-state index in [0.29, 0.717) is 29.8 Å². The molecular formula is C21H23N3O4S. The molecule has 1 unspecified atom stereocenters. The minimum absolute atomic E-state index is 0.0957. The van der Waals surface area contributed by atoms with Crippen molar-refractivity contribution in [2.75, 3.05) is 19.0 Å². The maximum Gasteiger partial charge on any atom is 0.237 e. The molecule has 0 aliphatic heterocycles. The van der Waals surface area contributed by atoms with Gasteiger partial charge in [0.25, 0.3) is 0 Å². The largest absolute Gasteiger partial charge is 0.497 e. The molecule has 0 aliphatic rings. The van der Waals surface area contributed by atoms with E-state index in [2.05, 4.69) is 15.5 Å². The molecule has 2 aromatic carbocycles. The van der Waals surface area contributed by atoms with Crippen LogP contribution in [0.5, 0.6) is 11.5 Å². The van der Waals surface area contributed by atoms with Crippen molar-refractivity contribution >= 4 is 23.4 Å². The number of hydrogen-bond donors (Lipinski definition) is 1. The number of benzene rings is 2. The molecule has 1 heterocycles. The predicted molar refractivity (Wildman–Crippen MR) is 113 cm³/mol. The first-order valence-electron chi connectivity index (χ1n) is 9.22. The molecule has 0 radical (unpaired) electrons. The summed E-state index contributed by atoms with van der Waals surface area (Å²) >= 11 is 1.42. The van der Waals surface area contributed by atoms with Crippen molar-refractivity contribution in [1.82, 2.24) is 10.1 Å². The van der Waals surface area contributed by atoms with Crippen LogP contribution < -0.4 is 14.8 Å². The quantitative estimate of drug-likeness (QED) is 0.556. The fourth-order valence-electron chi connectivity index (χ4n) is 2.55. The molecule has 0 spiro atoms. The maximum absolute atomic E-state index is 12.4. The molecule has 0 bridgehead atoms. The molecule has 1 atom stereocenters. The van der Waals surface area contributed by atoms with Crippen molar-refractivity contribution in [2.45, 2.75) is 24.9 Å². The van der Waals surface area contributed by atoms with Gasteiger partial charge in [0.2, 0.25) is 17.6 Å². The van der Waals surface area contributed by atoms with Gasteiger partial charge in [0.05, 0.1) is 30.3 Å². The molecule has 3 aromatic rings. The highest BCUT2D eigenvalue weighted by Gasteiger charge is 2.17. The molecule has 29 heavy (non-hydrogen) atoms. The number of thioether (sulfide) groups is 1. The Morgan fingerprint density at radius 1 is 1.21 bits per heavy atom. The smallest absolute Gasteiger partial charge is 0.237 e. The van der Waals surface area contributed by atoms with Gasteiger partial charge in [0.1, 0.15) is 11.5 Å². The number of anilines is 1. The van der Waals surface area contributed by atoms with Gasteiger partial charge >= 0.3 is 0 Å². The van der Waals surface area contributed by atoms with Gasteiger partial charge in [-0.15, -0.1) is 11.8 Å². The Balaban J connectivity index is 1.56. The van der Waals surface area contributed by atoms with E-state index in [1.165, 1.54) is 11.8 Å². The van der Waals surface area contributed by atoms with E-state index in [0.717, 1.165) is 17.0 Å². The Bertz CT molecular complexity index is 943. The number of nitrogens with one attached hydrogen (secondary N) is 1. The first-order chi connectivity index (χ1) is 14.1. The Labute approximate surface area is 173 Å². The molecule has 152 valence electrons. The molecular weight excluding hydrogens is 390 g/mol. The van der Waals surface area contributed by atoms with Crippen LogP contribution in [0.3, 0.4) is 0 Å². The van der Waals surface area contributed by atoms with Crippen molar-refractivity contribution in [3.8, 4) is 22.9 Å². The molecule has 1 N–H and O–H groups in total. The molecule has 1 aromatic heterocycles. The minimum atomic E-state index is -0.289. The van der Waals surface area contributed by atoms with E-state index < -0.39 is 0 Å². The molecule has 0 aliphatic carbocycles. The van der Waals surface area contributed by atoms with Crippen LogP contribution in [0.15, 0.2) is 53.1 Å². The number of carbonyl (C=O) groups excluding carboxylic acids is 1. The van der Waals surface area contributed by atoms with Crippen LogP contribution in [0.1, 0.15) is 19.7 Å². The van der Waals surface area contributed by atoms with Crippen molar-refractivity contribution in [2.24, 2.45) is 0 Å². The van der Waals surface area contributed by atoms with Gasteiger partial charge in [-0.05, 0) is 50.2 Å². The summed E-state index contributed by atoms with van der Waals surface area (Å²) in [6.45, 7) is 4.32. The summed E-state index contributed by atoms with van der Waals surface area (Å²) in [5.74, 6) is 2.72. The van der Waals surface area contributed by atoms with Crippen LogP contribution in [0, 0.1) is 0 Å². The lowest BCUT2D eigenvalue weighted by Gasteiger charge is -2.11. The summed E-state index contributed by atoms with van der Waals surface area (Å²) in [5, 5.41) is 6.64. The lowest BCUT2D eigenvalue weighted by atomic mass is 10.2. The lowest BCUT2D eigenvalue weighted by molar-refractivity contribution is -0.115. The number of carbonyl (C=O) groups is 1. The third-order valence-electron chi connectivity index (χ3n) is 4.08. The number of rotatable bonds is 9. The zero-order valence-corrected chi connectivity index (χ0v) is 17.4. The van der Waals surface area contributed by atoms with E-state index in [4.69, 9.17) is 14.0 Å². The third-order valence-corrected chi connectivity index (χ3v) is 5.21. The van der Waals surface area contributed by atoms with Crippen LogP contribution in [0.4, 0.5) is 5.69 Å². The summed E-state index contributed by atoms with van der Waals surface area (Å²) in [6, 6.07) is 14.7. The van der Waals surface area contributed by atoms with Crippen LogP contribution in [-0.4, -0.2) is 35.0 Å². The summed E-state index contributed by atoms with van der Waals surface area (Å²) in [7, 11) is 1.60. The second-order valence-corrected chi connectivity index (χ2v) is 7.44. The number of nitrogens with zero attached hydrogens (tertiary/aromatic N) is 2. The third kappa shape index (κ3) is 5.51. The minimum Gasteiger partial charge on any atom is -0.497 e. The van der Waals surface area contributed by atoms with Crippen molar-refractivity contribution in [3.05, 3.63) is 54.4 Å². The summed E-state index contributed by atoms with van der Waals surface area (Å²) in [6.07, 6.45) is 0. The molecule has 8 heteroatoms. The van der Waals surface area contributed by atoms with Gasteiger partial charge in [0, 0.05) is 5.69 Å². The zero-order chi connectivity index (χ0) is 20.6. The fourth-order valence-corrected chi connectivity index (χ4v) is 3.27. The van der Waals surface area contributed by atoms with Gasteiger partial charge in [-0.3, -0.25) is 4.79 Å². The van der Waals surface area contributed by atoms with E-state index >= 15 is 0 Å². The predicted octanol–water partition coefficient (Wildman–Crippen LogP) is 4.40. The van der Waals surface area contributed by atoms with Crippen molar-refractivity contribution < 1.29 is 18.8 Å². The van der Waals surface area contributed by atoms with E-state index in [9.17, 15) is 4.79 Å². The Hall–Kier alpha value is -3.00. The molecule has 0 saturated carbocycles. The summed E-state index contributed by atoms with van der Waals surface area (Å²) in [4.78, 5) is 16.8. The Morgan fingerprint density at radius 3 is 2.69 bits per heavy atom. The van der Waals surface area contributed by atoms with E-state index in [1.807, 2.05) is 38.1 Å². The fraction of sp³-hybridized carbons (Fsp3) is 0.286. The van der Waals surface area contributed by atoms with Gasteiger partial charge in [-0.25, -0.2) is 0 Å². The summed E-state index contributed by atoms with van der Waals surface area (Å²) in [5.41, 5.74) is 1.50. The average Bonchev–Trinajstić information content (AvgIpc) is 3.22. The SMILES string of the molecule is CCOc1ccccc1-c1noc(CSC(C)C(=O)Nc2ccc(OC)cc2)n1. The topological polar surface area (TPSA) is 86.5 Å². The molecule has 0 saturated heterocycles. The highest BCUT2D eigenvalue weighted by Crippen LogP contribution is 2.28. The molecule has 0 fully saturated rings. The number of amides is 1. The van der Waals surface area contributed by atoms with Crippen molar-refractivity contribution in [3.63, 3.8) is 0 Å². The lowest BCUT2D eigenvalue weighted by Crippen LogP contribution is -2.22. The number of aromatic nitrogens is 2. The van der Waals surface area contributed by atoms with E-state index in [1.54, 1.807) is 31.4 Å². The Kier molecular flexibility index (Phi) is 7.13. The second kappa shape index (κ2) is 9.97. The highest BCUT2D eigenvalue weighted by molar-refractivity contribution is 7.99. The zero-order valence-electron chi connectivity index (χ0n) is 16.5. The monoisotopic (exact) mass is 413 g/mol. The molecule has 3 rings (SSSR count). The van der Waals surface area contributed by atoms with E-state index in [-0.39, 0.29) is 11.2 Å². The number of methoxy groups -OCH3 is 1. The highest BCUT2D eigenvalue weighted by atomic mass is 32.2. The maximum atomic E-state index is 12.4. The first kappa shape index (κ1) is 20.7. The number of para-hydroxylation sites is 1. The van der Waals surface area contributed by atoms with Gasteiger partial charge in [-0.1, -0.05) is 17.3 Å². The standard InChI is InChI=1S/C21H23N3O4S/c1-4-27-18-8-6-5-7-17(18)20-23-19(28-24-20)13-29-14(2)21(25)22-15-9-11-16(26-3)12-10-15/h5-12,14H,4,13H2,1-3H3,(H,22,25). The Morgan fingerprint density at radius 2 is 1.97 bits per heavy atom. The molecule has 1 amide bonds. The van der Waals surface area contributed by atoms with Crippen LogP contribution >= 0.6 is 11.8 Å². The van der Waals surface area contributed by atoms with Crippen LogP contribution in [0.25, 0.3) is 11.4 Å². The van der Waals surface area contributed by atoms with Crippen LogP contribution in [-0.2, 0) is 10.5 Å². The van der Waals surface area contributed by atoms with Crippen LogP contribution in [0.2, 0.25) is 0 Å². The first-order valence-corrected chi connectivity index (χ1v) is 10.3. The van der Waals surface area contributed by atoms with Crippen molar-refractivity contribution in [1.29, 1.82) is 0 Å². The number of hydrogen-bond acceptors (Lipinski definition) is 7. The van der Waals surface area contributed by atoms with Gasteiger partial charge in [0.15, 0.2) is 0 Å². The van der Waals surface area contributed by atoms with Gasteiger partial charge in [-0.2, -0.15) is 4.98 Å². The van der Waals surface area contributed by atoms with Gasteiger partial charge < -0.3 is 19.3 Å².